The Kier molecular flexibility index (Phi) is 5.78. The number of H-pyrrole nitrogens is 1. The number of hydrogen-bond acceptors (Lipinski definition) is 6. The fourth-order valence-electron chi connectivity index (χ4n) is 3.20. The van der Waals surface area contributed by atoms with Gasteiger partial charge in [0.2, 0.25) is 0 Å². The zero-order valence-corrected chi connectivity index (χ0v) is 16.5. The summed E-state index contributed by atoms with van der Waals surface area (Å²) in [6, 6.07) is 11.3. The van der Waals surface area contributed by atoms with Gasteiger partial charge in [0.05, 0.1) is 19.3 Å². The highest BCUT2D eigenvalue weighted by Gasteiger charge is 2.20. The first kappa shape index (κ1) is 18.8. The van der Waals surface area contributed by atoms with Crippen LogP contribution < -0.4 is 9.47 Å². The fraction of sp³-hybridized carbons (Fsp3) is 0.400. The van der Waals surface area contributed by atoms with Crippen molar-refractivity contribution in [3.05, 3.63) is 46.9 Å². The molecular weight excluding hydrogens is 378 g/mol. The molecule has 3 aromatic rings. The summed E-state index contributed by atoms with van der Waals surface area (Å²) in [6.45, 7) is 4.40. The summed E-state index contributed by atoms with van der Waals surface area (Å²) >= 11 is 5.37. The molecule has 0 unspecified atom stereocenters. The van der Waals surface area contributed by atoms with E-state index in [4.69, 9.17) is 30.8 Å². The second-order valence-corrected chi connectivity index (χ2v) is 6.94. The largest absolute Gasteiger partial charge is 0.494 e. The first-order chi connectivity index (χ1) is 13.7. The maximum atomic E-state index is 5.93. The van der Waals surface area contributed by atoms with Crippen molar-refractivity contribution in [3.8, 4) is 23.1 Å². The van der Waals surface area contributed by atoms with Crippen molar-refractivity contribution in [1.29, 1.82) is 0 Å². The SMILES string of the molecule is CCOc1ccc(OCc2ccc(-c3n[nH]c(=S)n3C[C@H]3CCCO3)o2)cc1. The Morgan fingerprint density at radius 2 is 1.96 bits per heavy atom. The topological polar surface area (TPSA) is 74.4 Å². The monoisotopic (exact) mass is 401 g/mol. The summed E-state index contributed by atoms with van der Waals surface area (Å²) in [4.78, 5) is 0. The molecule has 0 bridgehead atoms. The van der Waals surface area contributed by atoms with Crippen molar-refractivity contribution in [1.82, 2.24) is 14.8 Å². The van der Waals surface area contributed by atoms with Gasteiger partial charge in [0, 0.05) is 6.61 Å². The van der Waals surface area contributed by atoms with E-state index in [2.05, 4.69) is 10.2 Å². The van der Waals surface area contributed by atoms with Gasteiger partial charge in [-0.15, -0.1) is 0 Å². The highest BCUT2D eigenvalue weighted by atomic mass is 32.1. The molecule has 1 aromatic carbocycles. The van der Waals surface area contributed by atoms with E-state index in [1.807, 2.05) is 47.9 Å². The number of ether oxygens (including phenoxy) is 3. The smallest absolute Gasteiger partial charge is 0.198 e. The zero-order chi connectivity index (χ0) is 19.3. The number of aromatic nitrogens is 3. The van der Waals surface area contributed by atoms with E-state index in [9.17, 15) is 0 Å². The Morgan fingerprint density at radius 3 is 2.68 bits per heavy atom. The lowest BCUT2D eigenvalue weighted by Crippen LogP contribution is -2.15. The molecule has 28 heavy (non-hydrogen) atoms. The number of aromatic amines is 1. The van der Waals surface area contributed by atoms with Crippen molar-refractivity contribution in [2.45, 2.75) is 39.0 Å². The molecule has 0 amide bonds. The van der Waals surface area contributed by atoms with Gasteiger partial charge < -0.3 is 18.6 Å². The van der Waals surface area contributed by atoms with E-state index in [1.165, 1.54) is 0 Å². The average Bonchev–Trinajstić information content (AvgIpc) is 3.45. The van der Waals surface area contributed by atoms with Crippen LogP contribution in [0.3, 0.4) is 0 Å². The highest BCUT2D eigenvalue weighted by molar-refractivity contribution is 7.71. The predicted octanol–water partition coefficient (Wildman–Crippen LogP) is 4.36. The molecule has 7 nitrogen and oxygen atoms in total. The molecule has 1 fully saturated rings. The van der Waals surface area contributed by atoms with E-state index in [0.29, 0.717) is 41.9 Å². The number of hydrogen-bond donors (Lipinski definition) is 1. The van der Waals surface area contributed by atoms with Crippen LogP contribution >= 0.6 is 12.2 Å². The summed E-state index contributed by atoms with van der Waals surface area (Å²) in [7, 11) is 0. The first-order valence-electron chi connectivity index (χ1n) is 9.44. The second kappa shape index (κ2) is 8.62. The molecule has 3 heterocycles. The van der Waals surface area contributed by atoms with Crippen LogP contribution in [-0.2, 0) is 17.9 Å². The summed E-state index contributed by atoms with van der Waals surface area (Å²) in [5.41, 5.74) is 0. The van der Waals surface area contributed by atoms with Gasteiger partial charge in [0.15, 0.2) is 16.4 Å². The predicted molar refractivity (Wildman–Crippen MR) is 106 cm³/mol. The van der Waals surface area contributed by atoms with Gasteiger partial charge in [-0.25, -0.2) is 0 Å². The van der Waals surface area contributed by atoms with Gasteiger partial charge in [-0.2, -0.15) is 5.10 Å². The molecule has 1 aliphatic heterocycles. The highest BCUT2D eigenvalue weighted by Crippen LogP contribution is 2.24. The Hall–Kier alpha value is -2.58. The lowest BCUT2D eigenvalue weighted by atomic mass is 10.2. The number of rotatable bonds is 8. The van der Waals surface area contributed by atoms with Crippen LogP contribution in [-0.4, -0.2) is 34.1 Å². The zero-order valence-electron chi connectivity index (χ0n) is 15.7. The lowest BCUT2D eigenvalue weighted by Gasteiger charge is -2.11. The van der Waals surface area contributed by atoms with Crippen LogP contribution in [0.25, 0.3) is 11.6 Å². The molecule has 1 aliphatic rings. The van der Waals surface area contributed by atoms with Crippen molar-refractivity contribution < 1.29 is 18.6 Å². The number of nitrogens with one attached hydrogen (secondary N) is 1. The molecule has 0 saturated carbocycles. The molecule has 0 spiro atoms. The van der Waals surface area contributed by atoms with Gasteiger partial charge in [0.25, 0.3) is 0 Å². The summed E-state index contributed by atoms with van der Waals surface area (Å²) < 4.78 is 25.4. The van der Waals surface area contributed by atoms with Crippen LogP contribution in [0.5, 0.6) is 11.5 Å². The Bertz CT molecular complexity index is 954. The van der Waals surface area contributed by atoms with Gasteiger partial charge in [0.1, 0.15) is 23.9 Å². The third-order valence-corrected chi connectivity index (χ3v) is 4.88. The molecule has 1 saturated heterocycles. The van der Waals surface area contributed by atoms with Crippen molar-refractivity contribution >= 4 is 12.2 Å². The number of benzene rings is 1. The molecule has 148 valence electrons. The van der Waals surface area contributed by atoms with E-state index in [-0.39, 0.29) is 6.10 Å². The van der Waals surface area contributed by atoms with Crippen molar-refractivity contribution in [2.75, 3.05) is 13.2 Å². The minimum Gasteiger partial charge on any atom is -0.494 e. The van der Waals surface area contributed by atoms with E-state index in [1.54, 1.807) is 0 Å². The normalized spacial score (nSPS) is 16.4. The van der Waals surface area contributed by atoms with Gasteiger partial charge in [-0.3, -0.25) is 9.67 Å². The second-order valence-electron chi connectivity index (χ2n) is 6.56. The standard InChI is InChI=1S/C20H23N3O4S/c1-2-24-14-5-7-15(8-6-14)26-13-17-9-10-18(27-17)19-21-22-20(28)23(19)12-16-4-3-11-25-16/h5-10,16H,2-4,11-13H2,1H3,(H,22,28)/t16-/m1/s1. The molecular formula is C20H23N3O4S. The first-order valence-corrected chi connectivity index (χ1v) is 9.85. The molecule has 0 radical (unpaired) electrons. The molecule has 0 aliphatic carbocycles. The third kappa shape index (κ3) is 4.28. The lowest BCUT2D eigenvalue weighted by molar-refractivity contribution is 0.0969. The number of furan rings is 1. The quantitative estimate of drug-likeness (QED) is 0.566. The van der Waals surface area contributed by atoms with Crippen molar-refractivity contribution in [3.63, 3.8) is 0 Å². The minimum atomic E-state index is 0.167. The van der Waals surface area contributed by atoms with Crippen LogP contribution in [0.1, 0.15) is 25.5 Å². The molecule has 8 heteroatoms. The van der Waals surface area contributed by atoms with Gasteiger partial charge in [-0.05, 0) is 68.4 Å². The van der Waals surface area contributed by atoms with Crippen LogP contribution in [0, 0.1) is 4.77 Å². The summed E-state index contributed by atoms with van der Waals surface area (Å²) in [5, 5.41) is 7.18. The molecule has 1 atom stereocenters. The average molecular weight is 401 g/mol. The Morgan fingerprint density at radius 1 is 1.18 bits per heavy atom. The van der Waals surface area contributed by atoms with Crippen LogP contribution in [0.2, 0.25) is 0 Å². The maximum absolute atomic E-state index is 5.93. The van der Waals surface area contributed by atoms with Gasteiger partial charge >= 0.3 is 0 Å². The van der Waals surface area contributed by atoms with Gasteiger partial charge in [-0.1, -0.05) is 0 Å². The molecule has 2 aromatic heterocycles. The summed E-state index contributed by atoms with van der Waals surface area (Å²) in [6.07, 6.45) is 2.28. The summed E-state index contributed by atoms with van der Waals surface area (Å²) in [5.74, 6) is 3.61. The van der Waals surface area contributed by atoms with Crippen LogP contribution in [0.4, 0.5) is 0 Å². The maximum Gasteiger partial charge on any atom is 0.198 e. The Labute approximate surface area is 168 Å². The third-order valence-electron chi connectivity index (χ3n) is 4.57. The number of nitrogens with zero attached hydrogens (tertiary/aromatic N) is 2. The fourth-order valence-corrected chi connectivity index (χ4v) is 3.40. The van der Waals surface area contributed by atoms with Crippen LogP contribution in [0.15, 0.2) is 40.8 Å². The molecule has 4 rings (SSSR count). The van der Waals surface area contributed by atoms with Crippen molar-refractivity contribution in [2.24, 2.45) is 0 Å². The Balaban J connectivity index is 1.42. The van der Waals surface area contributed by atoms with E-state index >= 15 is 0 Å². The minimum absolute atomic E-state index is 0.167. The van der Waals surface area contributed by atoms with E-state index in [0.717, 1.165) is 30.9 Å². The van der Waals surface area contributed by atoms with E-state index < -0.39 is 0 Å². The molecule has 1 N–H and O–H groups in total.